The standard InChI is InChI=1S/C35H32O4.C29H27BrO4.C18H18O4.C8H9BrO2.C6H7BO2.C6H15N.C4H4O3.CH4O.2CH4/c1-37-33-17-13-31(14-18-33)35(30-11-7-4-8-12-30,32-15-19-34(38-2)20-16-32)39-25-27-21-26(24-36)22-29(23-27)28-9-5-3-6-10-28;1-32-27-12-8-24(9-13-27)29(23-6-4-3-5-7-23,25-10-14-28(33-2)15-11-25)34-20-22-16-21(19-31)17-26(30)18-22;1-13-9-14(12-22-18(21)8-7-17(19)20)11-16(10-13)15-5-3-2-4-6-15;9-8-2-6(4-10)1-7(3-8)5-11;8-7(9)6-4-2-1-3-5-6;1-4-7(5-2)6-3;5-3-1-2-4(6)7-3;1-2;;/h3-23,36H,24-25H2,1-2H3;3-18,31H,19-20H2,1-2H3;2-6,9-11H,7-8,12H2,1H3,(H,19,20);1-3,10-11H,4-5H2;1-5,8-9H;4-6H2,1-3H3;1-2H2;2H,1H3;2*1H4/i;;1D;;;;;2T;1T;1D. The zero-order chi connectivity index (χ0) is 100. The molecule has 1 aliphatic heterocycles. The lowest BCUT2D eigenvalue weighted by Gasteiger charge is -2.36. The van der Waals surface area contributed by atoms with E-state index in [9.17, 15) is 34.5 Å². The second-order valence-corrected chi connectivity index (χ2v) is 31.3. The highest BCUT2D eigenvalue weighted by atomic mass is 79.9. The highest BCUT2D eigenvalue weighted by Gasteiger charge is 2.40. The second kappa shape index (κ2) is 60.0. The maximum absolute atomic E-state index is 11.5. The van der Waals surface area contributed by atoms with Crippen LogP contribution in [0.4, 0.5) is 0 Å². The summed E-state index contributed by atoms with van der Waals surface area (Å²) >= 11 is 6.82. The first-order valence-electron chi connectivity index (χ1n) is 45.5. The van der Waals surface area contributed by atoms with Crippen LogP contribution in [0.3, 0.4) is 0 Å². The van der Waals surface area contributed by atoms with Crippen LogP contribution < -0.4 is 34.4 Å². The zero-order valence-corrected chi connectivity index (χ0v) is 80.1. The van der Waals surface area contributed by atoms with Crippen LogP contribution in [-0.4, -0.2) is 123 Å². The fourth-order valence-corrected chi connectivity index (χ4v) is 15.1. The van der Waals surface area contributed by atoms with Gasteiger partial charge >= 0.3 is 25.0 Å². The van der Waals surface area contributed by atoms with Gasteiger partial charge in [0, 0.05) is 26.1 Å². The van der Waals surface area contributed by atoms with Crippen LogP contribution in [0.25, 0.3) is 22.3 Å². The van der Waals surface area contributed by atoms with Gasteiger partial charge in [0.05, 0.1) is 107 Å². The number of hydrogen-bond donors (Lipinski definition) is 8. The number of carbonyl (C=O) groups is 4. The second-order valence-electron chi connectivity index (χ2n) is 29.4. The third-order valence-corrected chi connectivity index (χ3v) is 21.5. The first-order valence-corrected chi connectivity index (χ1v) is 44.0. The van der Waals surface area contributed by atoms with Crippen molar-refractivity contribution in [1.29, 1.82) is 1.43 Å². The summed E-state index contributed by atoms with van der Waals surface area (Å²) in [6, 6.07) is 104. The maximum atomic E-state index is 11.5. The molecule has 702 valence electrons. The molecule has 0 saturated carbocycles. The van der Waals surface area contributed by atoms with Gasteiger partial charge in [0.1, 0.15) is 40.8 Å². The summed E-state index contributed by atoms with van der Waals surface area (Å²) in [5.74, 6) is 0.462. The molecule has 0 aromatic heterocycles. The molecule has 0 aliphatic carbocycles. The minimum Gasteiger partial charge on any atom is -0.550 e. The molecule has 21 nitrogen and oxygen atoms in total. The molecule has 0 spiro atoms. The Labute approximate surface area is 805 Å². The molecule has 0 amide bonds. The van der Waals surface area contributed by atoms with E-state index in [1.54, 1.807) is 63.7 Å². The molecule has 13 aromatic carbocycles. The van der Waals surface area contributed by atoms with Gasteiger partial charge in [-0.25, -0.2) is 0 Å². The Morgan fingerprint density at radius 1 is 0.436 bits per heavy atom. The summed E-state index contributed by atoms with van der Waals surface area (Å²) in [5.41, 5.74) is 15.5. The summed E-state index contributed by atoms with van der Waals surface area (Å²) in [5, 5.41) is 68.2. The highest BCUT2D eigenvalue weighted by molar-refractivity contribution is 9.10. The average molecular weight is 1940 g/mol. The predicted octanol–water partition coefficient (Wildman–Crippen LogP) is 17.5. The number of rotatable bonds is 31. The van der Waals surface area contributed by atoms with E-state index in [1.807, 2.05) is 224 Å². The first-order chi connectivity index (χ1) is 66.4. The van der Waals surface area contributed by atoms with Crippen molar-refractivity contribution >= 4 is 68.3 Å². The van der Waals surface area contributed by atoms with E-state index < -0.39 is 42.2 Å². The molecule has 0 atom stereocenters. The molecule has 1 heterocycles. The van der Waals surface area contributed by atoms with Crippen molar-refractivity contribution in [2.75, 3.05) is 55.2 Å². The number of aliphatic hydroxyl groups excluding tert-OH is 5. The fraction of sp³-hybridized carbons (Fsp3) is 0.248. The molecule has 14 rings (SSSR count). The van der Waals surface area contributed by atoms with E-state index >= 15 is 0 Å². The SMILES string of the molecule is CC[NH+](CC)CC.COc1ccc(C(OCc2cc(Br)cc(CO)c2)(c2ccccc2)c2ccc(OC)cc2)cc1.COc1ccc(C(OCc2cc(CO)cc(-c3ccccc3)c2)(c2ccccc2)c2ccc(OC)cc2)cc1.O=C1CCC(=O)O1.OB(O)c1ccccc1.OCc1cc(Br)cc(CO)c1.[2H]C.[2H]Cc1cc(COC(=O)CCC(=O)[O-])cc(-c2ccccc2)c1.[3H]C.[3H]OC. The number of quaternary nitrogens is 1. The van der Waals surface area contributed by atoms with Crippen molar-refractivity contribution in [3.8, 4) is 45.3 Å². The van der Waals surface area contributed by atoms with E-state index in [-0.39, 0.29) is 65.6 Å². The maximum Gasteiger partial charge on any atom is 0.488 e. The summed E-state index contributed by atoms with van der Waals surface area (Å²) in [4.78, 5) is 43.5. The van der Waals surface area contributed by atoms with Gasteiger partial charge in [-0.15, -0.1) is 0 Å². The number of aliphatic carboxylic acids is 1. The van der Waals surface area contributed by atoms with E-state index in [0.717, 1.165) is 132 Å². The molecule has 8 N–H and O–H groups in total. The van der Waals surface area contributed by atoms with Crippen LogP contribution in [-0.2, 0) is 95.6 Å². The number of methoxy groups -OCH3 is 4. The highest BCUT2D eigenvalue weighted by Crippen LogP contribution is 2.45. The minimum absolute atomic E-state index is 0.00639. The molecule has 0 radical (unpaired) electrons. The number of nitrogens with one attached hydrogen (secondary N) is 1. The number of carboxylic acids is 1. The van der Waals surface area contributed by atoms with Gasteiger partial charge in [-0.2, -0.15) is 0 Å². The summed E-state index contributed by atoms with van der Waals surface area (Å²) in [6.07, 6.45) is -0.0233. The van der Waals surface area contributed by atoms with Crippen molar-refractivity contribution < 1.29 is 107 Å². The topological polar surface area (TPSA) is 311 Å². The minimum atomic E-state index is -1.34. The summed E-state index contributed by atoms with van der Waals surface area (Å²) in [7, 11) is 9.10. The Morgan fingerprint density at radius 3 is 1.02 bits per heavy atom. The third-order valence-electron chi connectivity index (χ3n) is 20.6. The van der Waals surface area contributed by atoms with Crippen molar-refractivity contribution in [2.45, 2.75) is 126 Å². The van der Waals surface area contributed by atoms with Gasteiger partial charge in [-0.1, -0.05) is 283 Å². The smallest absolute Gasteiger partial charge is 0.488 e. The van der Waals surface area contributed by atoms with Gasteiger partial charge < -0.3 is 88.3 Å². The largest absolute Gasteiger partial charge is 0.550 e. The molecule has 0 bridgehead atoms. The Hall–Kier alpha value is -12.2. The Bertz CT molecular complexity index is 5460. The molecule has 13 aromatic rings. The lowest BCUT2D eigenvalue weighted by molar-refractivity contribution is -0.894. The molecule has 1 fully saturated rings. The first kappa shape index (κ1) is 104. The Kier molecular flexibility index (Phi) is 47.1. The number of carbonyl (C=O) groups excluding carboxylic acids is 4. The van der Waals surface area contributed by atoms with Crippen LogP contribution in [0.15, 0.2) is 330 Å². The van der Waals surface area contributed by atoms with Crippen molar-refractivity contribution in [3.05, 3.63) is 408 Å². The normalized spacial score (nSPS) is 11.3. The molecule has 24 heteroatoms. The fourth-order valence-electron chi connectivity index (χ4n) is 13.9. The lowest BCUT2D eigenvalue weighted by Crippen LogP contribution is -3.11. The number of benzene rings is 13. The van der Waals surface area contributed by atoms with Crippen LogP contribution in [0.5, 0.6) is 23.0 Å². The number of cyclic esters (lactones) is 2. The van der Waals surface area contributed by atoms with Crippen LogP contribution in [0.1, 0.15) is 143 Å². The van der Waals surface area contributed by atoms with Crippen LogP contribution >= 0.6 is 31.9 Å². The lowest BCUT2D eigenvalue weighted by atomic mass is 9.80. The average Bonchev–Trinajstić information content (AvgIpc) is 0.785. The number of carboxylic acid groups (broad SMARTS) is 1. The van der Waals surface area contributed by atoms with Gasteiger partial charge in [-0.05, 0) is 225 Å². The summed E-state index contributed by atoms with van der Waals surface area (Å²) in [6.45, 7) is 11.3. The molecular weight excluding hydrogens is 1810 g/mol. The number of hydrogen-bond acceptors (Lipinski definition) is 20. The number of halogens is 2. The zero-order valence-electron chi connectivity index (χ0n) is 80.9. The monoisotopic (exact) mass is 1940 g/mol. The van der Waals surface area contributed by atoms with Crippen molar-refractivity contribution in [3.63, 3.8) is 0 Å². The van der Waals surface area contributed by atoms with E-state index in [2.05, 4.69) is 129 Å². The van der Waals surface area contributed by atoms with E-state index in [4.69, 9.17) is 59.0 Å². The predicted molar refractivity (Wildman–Crippen MR) is 529 cm³/mol. The van der Waals surface area contributed by atoms with Crippen LogP contribution in [0.2, 0.25) is 0 Å². The molecule has 0 unspecified atom stereocenters. The van der Waals surface area contributed by atoms with E-state index in [0.29, 0.717) is 18.7 Å². The molecular formula is C109H124BBr2NO20. The van der Waals surface area contributed by atoms with Crippen molar-refractivity contribution in [2.24, 2.45) is 0 Å². The number of aliphatic hydroxyl groups is 5. The summed E-state index contributed by atoms with van der Waals surface area (Å²) < 4.78 is 71.4. The van der Waals surface area contributed by atoms with Gasteiger partial charge in [-0.3, -0.25) is 14.4 Å². The van der Waals surface area contributed by atoms with Crippen molar-refractivity contribution in [1.82, 2.24) is 0 Å². The number of esters is 3. The number of ether oxygens (including phenoxy) is 8. The van der Waals surface area contributed by atoms with Gasteiger partial charge in [0.15, 0.2) is 0 Å². The van der Waals surface area contributed by atoms with Gasteiger partial charge in [0.25, 0.3) is 0 Å². The van der Waals surface area contributed by atoms with Crippen LogP contribution in [0, 0.1) is 6.90 Å². The Morgan fingerprint density at radius 2 is 0.729 bits per heavy atom. The molecule has 1 saturated heterocycles. The Balaban J connectivity index is 0.000000305. The number of aryl methyl sites for hydroxylation is 1. The molecule has 1 aliphatic rings. The quantitative estimate of drug-likeness (QED) is 0.00866. The van der Waals surface area contributed by atoms with E-state index in [1.165, 1.54) is 41.5 Å². The molecule has 133 heavy (non-hydrogen) atoms. The van der Waals surface area contributed by atoms with Gasteiger partial charge in [0.2, 0.25) is 1.43 Å². The third kappa shape index (κ3) is 35.3.